The fourth-order valence-corrected chi connectivity index (χ4v) is 1.77. The Kier molecular flexibility index (Phi) is 5.97. The van der Waals surface area contributed by atoms with E-state index in [1.54, 1.807) is 0 Å². The van der Waals surface area contributed by atoms with Crippen molar-refractivity contribution in [2.24, 2.45) is 0 Å². The van der Waals surface area contributed by atoms with Crippen LogP contribution in [0.3, 0.4) is 0 Å². The summed E-state index contributed by atoms with van der Waals surface area (Å²) >= 11 is 5.70. The van der Waals surface area contributed by atoms with Gasteiger partial charge in [-0.2, -0.15) is 15.0 Å². The van der Waals surface area contributed by atoms with Gasteiger partial charge in [0.05, 0.1) is 0 Å². The number of anilines is 2. The van der Waals surface area contributed by atoms with Crippen LogP contribution in [0.5, 0.6) is 0 Å². The van der Waals surface area contributed by atoms with Crippen molar-refractivity contribution in [1.82, 2.24) is 15.0 Å². The van der Waals surface area contributed by atoms with Crippen molar-refractivity contribution in [3.63, 3.8) is 0 Å². The first-order chi connectivity index (χ1) is 8.11. The van der Waals surface area contributed by atoms with E-state index in [9.17, 15) is 0 Å². The Bertz CT molecular complexity index is 324. The molecule has 0 fully saturated rings. The zero-order valence-electron chi connectivity index (χ0n) is 10.4. The van der Waals surface area contributed by atoms with Crippen LogP contribution in [-0.4, -0.2) is 21.0 Å². The van der Waals surface area contributed by atoms with Crippen LogP contribution in [0, 0.1) is 0 Å². The van der Waals surface area contributed by atoms with E-state index in [4.69, 9.17) is 17.3 Å². The Morgan fingerprint density at radius 1 is 1.24 bits per heavy atom. The molecule has 96 valence electrons. The number of nitrogens with zero attached hydrogens (tertiary/aromatic N) is 3. The molecule has 17 heavy (non-hydrogen) atoms. The molecule has 1 unspecified atom stereocenters. The lowest BCUT2D eigenvalue weighted by atomic mass is 10.1. The highest BCUT2D eigenvalue weighted by atomic mass is 35.5. The molecule has 1 aromatic heterocycles. The van der Waals surface area contributed by atoms with Crippen molar-refractivity contribution in [3.05, 3.63) is 5.28 Å². The van der Waals surface area contributed by atoms with E-state index < -0.39 is 0 Å². The summed E-state index contributed by atoms with van der Waals surface area (Å²) in [6, 6.07) is 0.310. The summed E-state index contributed by atoms with van der Waals surface area (Å²) in [5, 5.41) is 3.30. The first-order valence-corrected chi connectivity index (χ1v) is 6.43. The first-order valence-electron chi connectivity index (χ1n) is 6.05. The summed E-state index contributed by atoms with van der Waals surface area (Å²) in [5.41, 5.74) is 5.49. The summed E-state index contributed by atoms with van der Waals surface area (Å²) in [6.07, 6.45) is 6.10. The molecular weight excluding hydrogens is 238 g/mol. The second-order valence-corrected chi connectivity index (χ2v) is 4.52. The van der Waals surface area contributed by atoms with Crippen molar-refractivity contribution in [3.8, 4) is 0 Å². The predicted octanol–water partition coefficient (Wildman–Crippen LogP) is 2.88. The van der Waals surface area contributed by atoms with Gasteiger partial charge < -0.3 is 11.1 Å². The van der Waals surface area contributed by atoms with Crippen molar-refractivity contribution in [1.29, 1.82) is 0 Å². The molecule has 1 heterocycles. The standard InChI is InChI=1S/C11H20ClN5/c1-3-4-5-6-7-8(2)14-11-16-9(12)15-10(13)17-11/h8H,3-7H2,1-2H3,(H3,13,14,15,16,17). The first kappa shape index (κ1) is 14.0. The summed E-state index contributed by atoms with van der Waals surface area (Å²) in [7, 11) is 0. The Labute approximate surface area is 107 Å². The topological polar surface area (TPSA) is 76.7 Å². The number of unbranched alkanes of at least 4 members (excludes halogenated alkanes) is 3. The van der Waals surface area contributed by atoms with E-state index >= 15 is 0 Å². The van der Waals surface area contributed by atoms with Gasteiger partial charge in [-0.25, -0.2) is 0 Å². The molecule has 0 saturated carbocycles. The van der Waals surface area contributed by atoms with Crippen molar-refractivity contribution in [2.75, 3.05) is 11.1 Å². The molecule has 0 spiro atoms. The molecule has 0 radical (unpaired) electrons. The summed E-state index contributed by atoms with van der Waals surface area (Å²) in [4.78, 5) is 11.7. The minimum Gasteiger partial charge on any atom is -0.368 e. The van der Waals surface area contributed by atoms with Gasteiger partial charge in [0.1, 0.15) is 0 Å². The van der Waals surface area contributed by atoms with E-state index in [0.29, 0.717) is 12.0 Å². The normalized spacial score (nSPS) is 12.4. The number of nitrogen functional groups attached to an aromatic ring is 1. The van der Waals surface area contributed by atoms with Gasteiger partial charge in [0, 0.05) is 6.04 Å². The van der Waals surface area contributed by atoms with Crippen LogP contribution in [0.2, 0.25) is 5.28 Å². The van der Waals surface area contributed by atoms with Gasteiger partial charge in [-0.1, -0.05) is 32.6 Å². The quantitative estimate of drug-likeness (QED) is 0.735. The number of halogens is 1. The smallest absolute Gasteiger partial charge is 0.229 e. The van der Waals surface area contributed by atoms with Crippen LogP contribution in [0.15, 0.2) is 0 Å². The number of rotatable bonds is 7. The number of nitrogens with one attached hydrogen (secondary N) is 1. The molecule has 0 aliphatic heterocycles. The van der Waals surface area contributed by atoms with Gasteiger partial charge >= 0.3 is 0 Å². The fraction of sp³-hybridized carbons (Fsp3) is 0.727. The predicted molar refractivity (Wildman–Crippen MR) is 71.1 cm³/mol. The van der Waals surface area contributed by atoms with Crippen LogP contribution in [-0.2, 0) is 0 Å². The molecule has 6 heteroatoms. The Hall–Kier alpha value is -1.10. The van der Waals surface area contributed by atoms with Crippen LogP contribution >= 0.6 is 11.6 Å². The summed E-state index contributed by atoms with van der Waals surface area (Å²) in [5.74, 6) is 0.594. The van der Waals surface area contributed by atoms with Gasteiger partial charge in [0.15, 0.2) is 0 Å². The number of hydrogen-bond donors (Lipinski definition) is 2. The van der Waals surface area contributed by atoms with Gasteiger partial charge in [-0.3, -0.25) is 0 Å². The molecule has 0 aromatic carbocycles. The van der Waals surface area contributed by atoms with Crippen LogP contribution in [0.1, 0.15) is 46.0 Å². The van der Waals surface area contributed by atoms with Gasteiger partial charge in [0.25, 0.3) is 0 Å². The highest BCUT2D eigenvalue weighted by molar-refractivity contribution is 6.28. The van der Waals surface area contributed by atoms with Gasteiger partial charge in [0.2, 0.25) is 17.2 Å². The van der Waals surface area contributed by atoms with Crippen LogP contribution < -0.4 is 11.1 Å². The third-order valence-electron chi connectivity index (χ3n) is 2.49. The third-order valence-corrected chi connectivity index (χ3v) is 2.66. The van der Waals surface area contributed by atoms with E-state index in [1.165, 1.54) is 25.7 Å². The molecule has 1 atom stereocenters. The fourth-order valence-electron chi connectivity index (χ4n) is 1.60. The minimum absolute atomic E-state index is 0.123. The molecule has 0 bridgehead atoms. The van der Waals surface area contributed by atoms with Crippen LogP contribution in [0.4, 0.5) is 11.9 Å². The summed E-state index contributed by atoms with van der Waals surface area (Å²) in [6.45, 7) is 4.30. The maximum absolute atomic E-state index is 5.70. The third kappa shape index (κ3) is 5.68. The maximum Gasteiger partial charge on any atom is 0.229 e. The van der Waals surface area contributed by atoms with E-state index in [-0.39, 0.29) is 11.2 Å². The molecule has 5 nitrogen and oxygen atoms in total. The maximum atomic E-state index is 5.70. The zero-order chi connectivity index (χ0) is 12.7. The van der Waals surface area contributed by atoms with E-state index in [2.05, 4.69) is 34.1 Å². The average Bonchev–Trinajstić information content (AvgIpc) is 2.23. The zero-order valence-corrected chi connectivity index (χ0v) is 11.2. The number of nitrogens with two attached hydrogens (primary N) is 1. The number of aromatic nitrogens is 3. The molecule has 0 amide bonds. The van der Waals surface area contributed by atoms with Gasteiger partial charge in [-0.15, -0.1) is 0 Å². The second-order valence-electron chi connectivity index (χ2n) is 4.18. The molecule has 1 rings (SSSR count). The Morgan fingerprint density at radius 3 is 2.65 bits per heavy atom. The van der Waals surface area contributed by atoms with Crippen molar-refractivity contribution >= 4 is 23.5 Å². The molecule has 0 saturated heterocycles. The lowest BCUT2D eigenvalue weighted by Gasteiger charge is -2.13. The summed E-state index contributed by atoms with van der Waals surface area (Å²) < 4.78 is 0. The second kappa shape index (κ2) is 7.27. The average molecular weight is 258 g/mol. The van der Waals surface area contributed by atoms with Crippen molar-refractivity contribution < 1.29 is 0 Å². The number of hydrogen-bond acceptors (Lipinski definition) is 5. The molecule has 3 N–H and O–H groups in total. The SMILES string of the molecule is CCCCCCC(C)Nc1nc(N)nc(Cl)n1. The largest absolute Gasteiger partial charge is 0.368 e. The highest BCUT2D eigenvalue weighted by Crippen LogP contribution is 2.11. The monoisotopic (exact) mass is 257 g/mol. The Morgan fingerprint density at radius 2 is 2.00 bits per heavy atom. The lowest BCUT2D eigenvalue weighted by Crippen LogP contribution is -2.17. The highest BCUT2D eigenvalue weighted by Gasteiger charge is 2.06. The molecule has 0 aliphatic carbocycles. The minimum atomic E-state index is 0.123. The van der Waals surface area contributed by atoms with Crippen molar-refractivity contribution in [2.45, 2.75) is 52.0 Å². The van der Waals surface area contributed by atoms with Crippen LogP contribution in [0.25, 0.3) is 0 Å². The Balaban J connectivity index is 2.36. The van der Waals surface area contributed by atoms with Gasteiger partial charge in [-0.05, 0) is 24.9 Å². The molecular formula is C11H20ClN5. The lowest BCUT2D eigenvalue weighted by molar-refractivity contribution is 0.591. The molecule has 1 aromatic rings. The van der Waals surface area contributed by atoms with E-state index in [0.717, 1.165) is 6.42 Å². The molecule has 0 aliphatic rings. The van der Waals surface area contributed by atoms with E-state index in [1.807, 2.05) is 0 Å².